The van der Waals surface area contributed by atoms with Crippen molar-refractivity contribution >= 4 is 23.2 Å². The minimum Gasteiger partial charge on any atom is -0.314 e. The molecule has 1 aromatic carbocycles. The Balaban J connectivity index is 2.05. The monoisotopic (exact) mass is 272 g/mol. The van der Waals surface area contributed by atoms with Crippen molar-refractivity contribution in [3.8, 4) is 0 Å². The third-order valence-electron chi connectivity index (χ3n) is 3.10. The zero-order chi connectivity index (χ0) is 12.3. The van der Waals surface area contributed by atoms with Gasteiger partial charge in [0.05, 0.1) is 0 Å². The Kier molecular flexibility index (Phi) is 4.69. The molecule has 1 fully saturated rings. The number of hydrogen-bond acceptors (Lipinski definition) is 2. The van der Waals surface area contributed by atoms with E-state index in [1.165, 1.54) is 12.0 Å². The molecule has 2 rings (SSSR count). The van der Waals surface area contributed by atoms with Gasteiger partial charge in [0.25, 0.3) is 0 Å². The molecule has 1 N–H and O–H groups in total. The highest BCUT2D eigenvalue weighted by atomic mass is 35.5. The van der Waals surface area contributed by atoms with Gasteiger partial charge in [-0.1, -0.05) is 30.1 Å². The van der Waals surface area contributed by atoms with Crippen molar-refractivity contribution in [1.29, 1.82) is 0 Å². The van der Waals surface area contributed by atoms with E-state index in [2.05, 4.69) is 17.1 Å². The van der Waals surface area contributed by atoms with Crippen LogP contribution in [0, 0.1) is 0 Å². The molecular formula is C13H18Cl2N2. The average Bonchev–Trinajstić information content (AvgIpc) is 2.13. The molecule has 0 amide bonds. The molecular weight excluding hydrogens is 255 g/mol. The van der Waals surface area contributed by atoms with Crippen LogP contribution in [0.1, 0.15) is 18.9 Å². The van der Waals surface area contributed by atoms with Crippen LogP contribution in [-0.2, 0) is 6.54 Å². The van der Waals surface area contributed by atoms with E-state index in [9.17, 15) is 0 Å². The summed E-state index contributed by atoms with van der Waals surface area (Å²) < 4.78 is 0. The van der Waals surface area contributed by atoms with Crippen molar-refractivity contribution in [2.24, 2.45) is 0 Å². The number of benzene rings is 1. The standard InChI is InChI=1S/C13H18Cl2N2/c1-2-3-17(13-7-16-8-13)9-10-4-11(14)6-12(15)5-10/h4-6,13,16H,2-3,7-9H2,1H3. The summed E-state index contributed by atoms with van der Waals surface area (Å²) in [6.45, 7) is 6.45. The summed E-state index contributed by atoms with van der Waals surface area (Å²) in [5.74, 6) is 0. The number of rotatable bonds is 5. The zero-order valence-electron chi connectivity index (χ0n) is 10.0. The van der Waals surface area contributed by atoms with Gasteiger partial charge in [-0.25, -0.2) is 0 Å². The minimum absolute atomic E-state index is 0.660. The number of nitrogens with one attached hydrogen (secondary N) is 1. The molecule has 0 atom stereocenters. The molecule has 1 aliphatic heterocycles. The minimum atomic E-state index is 0.660. The Labute approximate surface area is 113 Å². The van der Waals surface area contributed by atoms with Crippen LogP contribution in [0.5, 0.6) is 0 Å². The van der Waals surface area contributed by atoms with Gasteiger partial charge in [0.1, 0.15) is 0 Å². The van der Waals surface area contributed by atoms with Gasteiger partial charge in [0.2, 0.25) is 0 Å². The number of nitrogens with zero attached hydrogens (tertiary/aromatic N) is 1. The van der Waals surface area contributed by atoms with Crippen LogP contribution in [0.3, 0.4) is 0 Å². The van der Waals surface area contributed by atoms with Crippen molar-refractivity contribution < 1.29 is 0 Å². The molecule has 0 aliphatic carbocycles. The lowest BCUT2D eigenvalue weighted by Gasteiger charge is -2.38. The first kappa shape index (κ1) is 13.2. The molecule has 1 heterocycles. The zero-order valence-corrected chi connectivity index (χ0v) is 11.6. The van der Waals surface area contributed by atoms with Gasteiger partial charge in [0.15, 0.2) is 0 Å². The molecule has 4 heteroatoms. The van der Waals surface area contributed by atoms with E-state index in [-0.39, 0.29) is 0 Å². The lowest BCUT2D eigenvalue weighted by molar-refractivity contribution is 0.138. The van der Waals surface area contributed by atoms with Crippen molar-refractivity contribution in [1.82, 2.24) is 10.2 Å². The van der Waals surface area contributed by atoms with E-state index in [0.29, 0.717) is 6.04 Å². The molecule has 2 nitrogen and oxygen atoms in total. The molecule has 0 spiro atoms. The second kappa shape index (κ2) is 6.05. The third-order valence-corrected chi connectivity index (χ3v) is 3.53. The van der Waals surface area contributed by atoms with Gasteiger partial charge >= 0.3 is 0 Å². The molecule has 0 bridgehead atoms. The topological polar surface area (TPSA) is 15.3 Å². The normalized spacial score (nSPS) is 16.2. The second-order valence-corrected chi connectivity index (χ2v) is 5.43. The number of halogens is 2. The maximum atomic E-state index is 6.02. The Hall–Kier alpha value is -0.280. The van der Waals surface area contributed by atoms with Crippen LogP contribution in [0.25, 0.3) is 0 Å². The largest absolute Gasteiger partial charge is 0.314 e. The van der Waals surface area contributed by atoms with Gasteiger partial charge in [0, 0.05) is 35.7 Å². The summed E-state index contributed by atoms with van der Waals surface area (Å²) >= 11 is 12.0. The summed E-state index contributed by atoms with van der Waals surface area (Å²) in [6.07, 6.45) is 1.17. The third kappa shape index (κ3) is 3.59. The highest BCUT2D eigenvalue weighted by Crippen LogP contribution is 2.21. The SMILES string of the molecule is CCCN(Cc1cc(Cl)cc(Cl)c1)C1CNC1. The van der Waals surface area contributed by atoms with E-state index in [1.807, 2.05) is 12.1 Å². The van der Waals surface area contributed by atoms with E-state index in [1.54, 1.807) is 6.07 Å². The summed E-state index contributed by atoms with van der Waals surface area (Å²) in [7, 11) is 0. The van der Waals surface area contributed by atoms with Gasteiger partial charge in [-0.15, -0.1) is 0 Å². The smallest absolute Gasteiger partial charge is 0.0424 e. The van der Waals surface area contributed by atoms with Crippen molar-refractivity contribution in [2.45, 2.75) is 25.9 Å². The lowest BCUT2D eigenvalue weighted by atomic mass is 10.1. The highest BCUT2D eigenvalue weighted by molar-refractivity contribution is 6.34. The Morgan fingerprint density at radius 1 is 1.24 bits per heavy atom. The molecule has 0 unspecified atom stereocenters. The molecule has 0 saturated carbocycles. The molecule has 94 valence electrons. The second-order valence-electron chi connectivity index (χ2n) is 4.56. The van der Waals surface area contributed by atoms with Gasteiger partial charge in [-0.3, -0.25) is 4.90 Å². The molecule has 1 aromatic rings. The van der Waals surface area contributed by atoms with Crippen LogP contribution in [0.15, 0.2) is 18.2 Å². The van der Waals surface area contributed by atoms with Crippen molar-refractivity contribution in [2.75, 3.05) is 19.6 Å². The fourth-order valence-corrected chi connectivity index (χ4v) is 2.72. The summed E-state index contributed by atoms with van der Waals surface area (Å²) in [4.78, 5) is 2.50. The fraction of sp³-hybridized carbons (Fsp3) is 0.538. The van der Waals surface area contributed by atoms with Crippen LogP contribution in [-0.4, -0.2) is 30.6 Å². The Morgan fingerprint density at radius 2 is 1.88 bits per heavy atom. The first-order valence-electron chi connectivity index (χ1n) is 6.08. The van der Waals surface area contributed by atoms with E-state index in [0.717, 1.165) is 36.2 Å². The quantitative estimate of drug-likeness (QED) is 0.886. The predicted octanol–water partition coefficient (Wildman–Crippen LogP) is 3.18. The summed E-state index contributed by atoms with van der Waals surface area (Å²) in [5, 5.41) is 4.75. The van der Waals surface area contributed by atoms with E-state index in [4.69, 9.17) is 23.2 Å². The first-order valence-corrected chi connectivity index (χ1v) is 6.84. The van der Waals surface area contributed by atoms with Gasteiger partial charge in [-0.05, 0) is 36.7 Å². The summed E-state index contributed by atoms with van der Waals surface area (Å²) in [5.41, 5.74) is 1.20. The lowest BCUT2D eigenvalue weighted by Crippen LogP contribution is -2.56. The van der Waals surface area contributed by atoms with Gasteiger partial charge in [-0.2, -0.15) is 0 Å². The van der Waals surface area contributed by atoms with Crippen LogP contribution in [0.2, 0.25) is 10.0 Å². The maximum Gasteiger partial charge on any atom is 0.0424 e. The maximum absolute atomic E-state index is 6.02. The van der Waals surface area contributed by atoms with Crippen molar-refractivity contribution in [3.05, 3.63) is 33.8 Å². The van der Waals surface area contributed by atoms with E-state index >= 15 is 0 Å². The average molecular weight is 273 g/mol. The van der Waals surface area contributed by atoms with Crippen LogP contribution < -0.4 is 5.32 Å². The van der Waals surface area contributed by atoms with Crippen molar-refractivity contribution in [3.63, 3.8) is 0 Å². The highest BCUT2D eigenvalue weighted by Gasteiger charge is 2.23. The Bertz CT molecular complexity index is 357. The van der Waals surface area contributed by atoms with Gasteiger partial charge < -0.3 is 5.32 Å². The Morgan fingerprint density at radius 3 is 2.35 bits per heavy atom. The predicted molar refractivity (Wildman–Crippen MR) is 73.8 cm³/mol. The number of hydrogen-bond donors (Lipinski definition) is 1. The van der Waals surface area contributed by atoms with Crippen LogP contribution in [0.4, 0.5) is 0 Å². The molecule has 17 heavy (non-hydrogen) atoms. The molecule has 0 radical (unpaired) electrons. The summed E-state index contributed by atoms with van der Waals surface area (Å²) in [6, 6.07) is 6.44. The molecule has 1 saturated heterocycles. The fourth-order valence-electron chi connectivity index (χ4n) is 2.15. The first-order chi connectivity index (χ1) is 8.19. The van der Waals surface area contributed by atoms with E-state index < -0.39 is 0 Å². The molecule has 1 aliphatic rings. The van der Waals surface area contributed by atoms with Crippen LogP contribution >= 0.6 is 23.2 Å². The molecule has 0 aromatic heterocycles.